The molecule has 3 heterocycles. The normalized spacial score (nSPS) is 21.1. The fraction of sp³-hybridized carbons (Fsp3) is 0.444. The van der Waals surface area contributed by atoms with Gasteiger partial charge in [-0.3, -0.25) is 14.4 Å². The Bertz CT molecular complexity index is 1380. The van der Waals surface area contributed by atoms with Crippen LogP contribution in [0, 0.1) is 26.7 Å². The summed E-state index contributed by atoms with van der Waals surface area (Å²) in [4.78, 5) is 19.2. The largest absolute Gasteiger partial charge is 0.460 e. The van der Waals surface area contributed by atoms with Gasteiger partial charge in [-0.05, 0) is 65.0 Å². The molecule has 1 aliphatic carbocycles. The average molecular weight is 506 g/mol. The molecule has 1 aliphatic heterocycles. The van der Waals surface area contributed by atoms with E-state index in [0.717, 1.165) is 39.6 Å². The third kappa shape index (κ3) is 4.48. The average Bonchev–Trinajstić information content (AvgIpc) is 3.41. The van der Waals surface area contributed by atoms with E-state index in [1.165, 1.54) is 10.4 Å². The Morgan fingerprint density at radius 3 is 2.61 bits per heavy atom. The lowest BCUT2D eigenvalue weighted by Gasteiger charge is -2.21. The molecule has 3 atom stereocenters. The van der Waals surface area contributed by atoms with Gasteiger partial charge in [0.25, 0.3) is 0 Å². The van der Waals surface area contributed by atoms with Gasteiger partial charge in [-0.1, -0.05) is 24.3 Å². The number of hydrogen-bond donors (Lipinski definition) is 1. The van der Waals surface area contributed by atoms with E-state index in [1.54, 1.807) is 17.6 Å². The lowest BCUT2D eigenvalue weighted by atomic mass is 9.97. The first-order chi connectivity index (χ1) is 17.1. The molecule has 1 fully saturated rings. The van der Waals surface area contributed by atoms with E-state index in [4.69, 9.17) is 14.9 Å². The molecule has 0 amide bonds. The zero-order valence-corrected chi connectivity index (χ0v) is 22.3. The minimum atomic E-state index is -0.582. The smallest absolute Gasteiger partial charge is 0.308 e. The highest BCUT2D eigenvalue weighted by Gasteiger charge is 2.37. The van der Waals surface area contributed by atoms with Gasteiger partial charge < -0.3 is 9.94 Å². The SMILES string of the molecule is Cc1sc2c(c1C)C(c1ccc(C3CC3/C=N/O)cc1)=N[C@@H](CC(=O)OC(C)(C)C)c1nnc(C)n1-2. The molecule has 0 saturated heterocycles. The second-order valence-electron chi connectivity index (χ2n) is 10.6. The van der Waals surface area contributed by atoms with E-state index in [0.29, 0.717) is 11.7 Å². The number of rotatable bonds is 5. The summed E-state index contributed by atoms with van der Waals surface area (Å²) in [5.41, 5.74) is 4.69. The number of ether oxygens (including phenoxy) is 1. The number of nitrogens with zero attached hydrogens (tertiary/aromatic N) is 5. The zero-order chi connectivity index (χ0) is 25.8. The number of hydrogen-bond acceptors (Lipinski definition) is 8. The third-order valence-electron chi connectivity index (χ3n) is 6.73. The molecule has 9 heteroatoms. The number of fused-ring (bicyclic) bond motifs is 3. The van der Waals surface area contributed by atoms with Crippen LogP contribution in [0.4, 0.5) is 0 Å². The molecule has 0 bridgehead atoms. The summed E-state index contributed by atoms with van der Waals surface area (Å²) in [7, 11) is 0. The van der Waals surface area contributed by atoms with Crippen molar-refractivity contribution in [2.45, 2.75) is 71.9 Å². The maximum Gasteiger partial charge on any atom is 0.308 e. The first-order valence-corrected chi connectivity index (χ1v) is 13.0. The maximum absolute atomic E-state index is 12.9. The van der Waals surface area contributed by atoms with Crippen molar-refractivity contribution in [3.8, 4) is 5.00 Å². The molecule has 5 rings (SSSR count). The molecular formula is C27H31N5O3S. The molecule has 1 aromatic carbocycles. The Morgan fingerprint density at radius 2 is 1.94 bits per heavy atom. The van der Waals surface area contributed by atoms with E-state index >= 15 is 0 Å². The number of carbonyl (C=O) groups excluding carboxylic acids is 1. The van der Waals surface area contributed by atoms with Crippen molar-refractivity contribution in [2.24, 2.45) is 16.1 Å². The van der Waals surface area contributed by atoms with E-state index in [9.17, 15) is 4.79 Å². The van der Waals surface area contributed by atoms with Gasteiger partial charge in [0.15, 0.2) is 5.82 Å². The van der Waals surface area contributed by atoms with Crippen LogP contribution in [0.25, 0.3) is 5.00 Å². The fourth-order valence-corrected chi connectivity index (χ4v) is 6.02. The molecular weight excluding hydrogens is 474 g/mol. The summed E-state index contributed by atoms with van der Waals surface area (Å²) < 4.78 is 7.68. The van der Waals surface area contributed by atoms with Crippen LogP contribution in [0.5, 0.6) is 0 Å². The Kier molecular flexibility index (Phi) is 6.06. The first kappa shape index (κ1) is 24.4. The maximum atomic E-state index is 12.9. The van der Waals surface area contributed by atoms with Crippen molar-refractivity contribution in [3.05, 3.63) is 63.0 Å². The molecule has 2 aliphatic rings. The van der Waals surface area contributed by atoms with Crippen molar-refractivity contribution in [1.82, 2.24) is 14.8 Å². The van der Waals surface area contributed by atoms with Crippen molar-refractivity contribution in [2.75, 3.05) is 0 Å². The van der Waals surface area contributed by atoms with Crippen LogP contribution < -0.4 is 0 Å². The molecule has 0 radical (unpaired) electrons. The second-order valence-corrected chi connectivity index (χ2v) is 11.8. The number of aryl methyl sites for hydroxylation is 2. The topological polar surface area (TPSA) is 102 Å². The van der Waals surface area contributed by atoms with Crippen molar-refractivity contribution in [3.63, 3.8) is 0 Å². The molecule has 2 aromatic heterocycles. The summed E-state index contributed by atoms with van der Waals surface area (Å²) in [6.07, 6.45) is 2.67. The Hall–Kier alpha value is -3.33. The standard InChI is InChI=1S/C27H31N5O3S/c1-14-15(2)36-26-23(14)24(18-9-7-17(8-10-18)20-11-19(20)13-28-34)29-21(12-22(33)35-27(4,5)6)25-31-30-16(3)32(25)26/h7-10,13,19-21,34H,11-12H2,1-6H3/b28-13+/t19?,20?,21-/m0/s1. The van der Waals surface area contributed by atoms with E-state index in [2.05, 4.69) is 53.5 Å². The van der Waals surface area contributed by atoms with Crippen LogP contribution in [-0.4, -0.2) is 43.5 Å². The number of esters is 1. The zero-order valence-electron chi connectivity index (χ0n) is 21.4. The Balaban J connectivity index is 1.60. The number of oxime groups is 1. The fourth-order valence-electron chi connectivity index (χ4n) is 4.80. The third-order valence-corrected chi connectivity index (χ3v) is 7.92. The number of aliphatic imine (C=N–C) groups is 1. The van der Waals surface area contributed by atoms with Gasteiger partial charge in [0.05, 0.1) is 12.1 Å². The molecule has 188 valence electrons. The van der Waals surface area contributed by atoms with E-state index < -0.39 is 11.6 Å². The molecule has 1 N–H and O–H groups in total. The molecule has 36 heavy (non-hydrogen) atoms. The van der Waals surface area contributed by atoms with E-state index in [1.807, 2.05) is 32.3 Å². The predicted molar refractivity (Wildman–Crippen MR) is 140 cm³/mol. The Labute approximate surface area is 214 Å². The summed E-state index contributed by atoms with van der Waals surface area (Å²) in [5, 5.41) is 21.9. The highest BCUT2D eigenvalue weighted by atomic mass is 32.1. The number of thiophene rings is 1. The first-order valence-electron chi connectivity index (χ1n) is 12.2. The molecule has 1 saturated carbocycles. The second kappa shape index (κ2) is 8.96. The van der Waals surface area contributed by atoms with Gasteiger partial charge in [0.2, 0.25) is 0 Å². The van der Waals surface area contributed by atoms with Crippen LogP contribution in [0.3, 0.4) is 0 Å². The van der Waals surface area contributed by atoms with Gasteiger partial charge in [-0.2, -0.15) is 0 Å². The van der Waals surface area contributed by atoms with E-state index in [-0.39, 0.29) is 18.3 Å². The van der Waals surface area contributed by atoms with Gasteiger partial charge in [0, 0.05) is 28.1 Å². The lowest BCUT2D eigenvalue weighted by Crippen LogP contribution is -2.25. The number of aromatic nitrogens is 3. The van der Waals surface area contributed by atoms with Gasteiger partial charge in [0.1, 0.15) is 22.5 Å². The van der Waals surface area contributed by atoms with Crippen LogP contribution in [0.1, 0.15) is 84.4 Å². The van der Waals surface area contributed by atoms with Crippen molar-refractivity contribution < 1.29 is 14.7 Å². The molecule has 3 aromatic rings. The van der Waals surface area contributed by atoms with Crippen LogP contribution in [0.15, 0.2) is 34.4 Å². The van der Waals surface area contributed by atoms with Gasteiger partial charge in [-0.15, -0.1) is 26.7 Å². The quantitative estimate of drug-likeness (QED) is 0.215. The predicted octanol–water partition coefficient (Wildman–Crippen LogP) is 5.44. The highest BCUT2D eigenvalue weighted by Crippen LogP contribution is 2.46. The van der Waals surface area contributed by atoms with Crippen LogP contribution in [-0.2, 0) is 9.53 Å². The number of carbonyl (C=O) groups is 1. The van der Waals surface area contributed by atoms with Crippen LogP contribution >= 0.6 is 11.3 Å². The summed E-state index contributed by atoms with van der Waals surface area (Å²) in [6, 6.07) is 7.92. The summed E-state index contributed by atoms with van der Waals surface area (Å²) in [5.74, 6) is 1.76. The molecule has 2 unspecified atom stereocenters. The van der Waals surface area contributed by atoms with Gasteiger partial charge >= 0.3 is 5.97 Å². The summed E-state index contributed by atoms with van der Waals surface area (Å²) >= 11 is 1.69. The Morgan fingerprint density at radius 1 is 1.22 bits per heavy atom. The lowest BCUT2D eigenvalue weighted by molar-refractivity contribution is -0.155. The number of benzene rings is 1. The van der Waals surface area contributed by atoms with Crippen molar-refractivity contribution in [1.29, 1.82) is 0 Å². The molecule has 0 spiro atoms. The molecule has 8 nitrogen and oxygen atoms in total. The van der Waals surface area contributed by atoms with Gasteiger partial charge in [-0.25, -0.2) is 0 Å². The minimum Gasteiger partial charge on any atom is -0.460 e. The summed E-state index contributed by atoms with van der Waals surface area (Å²) in [6.45, 7) is 11.7. The minimum absolute atomic E-state index is 0.0776. The highest BCUT2D eigenvalue weighted by molar-refractivity contribution is 7.15. The van der Waals surface area contributed by atoms with Crippen molar-refractivity contribution >= 4 is 29.2 Å². The van der Waals surface area contributed by atoms with Crippen LogP contribution in [0.2, 0.25) is 0 Å². The monoisotopic (exact) mass is 505 g/mol.